The number of rotatable bonds is 1. The average molecular weight is 206 g/mol. The lowest BCUT2D eigenvalue weighted by Gasteiger charge is -2.03. The van der Waals surface area contributed by atoms with Gasteiger partial charge in [0.2, 0.25) is 5.91 Å². The Hall–Kier alpha value is -1.29. The molecule has 1 atom stereocenters. The van der Waals surface area contributed by atoms with Crippen molar-refractivity contribution in [3.05, 3.63) is 35.9 Å². The second-order valence-electron chi connectivity index (χ2n) is 2.93. The van der Waals surface area contributed by atoms with Crippen molar-refractivity contribution in [1.29, 1.82) is 0 Å². The fourth-order valence-electron chi connectivity index (χ4n) is 1.32. The molecule has 4 heteroatoms. The van der Waals surface area contributed by atoms with Crippen molar-refractivity contribution in [3.8, 4) is 0 Å². The molecule has 0 saturated carbocycles. The third kappa shape index (κ3) is 1.65. The van der Waals surface area contributed by atoms with Gasteiger partial charge in [0.1, 0.15) is 5.25 Å². The Balaban J connectivity index is 2.25. The Bertz CT molecular complexity index is 375. The molecule has 0 bridgehead atoms. The first-order chi connectivity index (χ1) is 6.81. The highest BCUT2D eigenvalue weighted by molar-refractivity contribution is 8.15. The first-order valence-corrected chi connectivity index (χ1v) is 5.18. The molecule has 1 heterocycles. The molecule has 1 aliphatic heterocycles. The number of amidine groups is 1. The summed E-state index contributed by atoms with van der Waals surface area (Å²) in [5.41, 5.74) is 1.02. The van der Waals surface area contributed by atoms with Gasteiger partial charge < -0.3 is 5.32 Å². The molecule has 1 aliphatic rings. The van der Waals surface area contributed by atoms with Gasteiger partial charge in [-0.2, -0.15) is 0 Å². The number of amides is 1. The van der Waals surface area contributed by atoms with Crippen LogP contribution in [0.3, 0.4) is 0 Å². The zero-order valence-corrected chi connectivity index (χ0v) is 8.54. The van der Waals surface area contributed by atoms with Crippen molar-refractivity contribution in [2.75, 3.05) is 7.05 Å². The quantitative estimate of drug-likeness (QED) is 0.758. The summed E-state index contributed by atoms with van der Waals surface area (Å²) in [4.78, 5) is 15.5. The number of carbonyl (C=O) groups is 1. The highest BCUT2D eigenvalue weighted by Crippen LogP contribution is 2.33. The topological polar surface area (TPSA) is 41.5 Å². The van der Waals surface area contributed by atoms with E-state index in [1.165, 1.54) is 11.8 Å². The first-order valence-electron chi connectivity index (χ1n) is 4.30. The van der Waals surface area contributed by atoms with Gasteiger partial charge >= 0.3 is 0 Å². The molecule has 1 aromatic rings. The van der Waals surface area contributed by atoms with Crippen molar-refractivity contribution in [1.82, 2.24) is 5.32 Å². The van der Waals surface area contributed by atoms with Crippen LogP contribution in [0.2, 0.25) is 0 Å². The molecule has 1 amide bonds. The maximum absolute atomic E-state index is 11.5. The molecule has 14 heavy (non-hydrogen) atoms. The van der Waals surface area contributed by atoms with Crippen LogP contribution >= 0.6 is 11.8 Å². The second-order valence-corrected chi connectivity index (χ2v) is 4.02. The predicted octanol–water partition coefficient (Wildman–Crippen LogP) is 1.58. The van der Waals surface area contributed by atoms with Crippen LogP contribution in [-0.2, 0) is 4.79 Å². The minimum atomic E-state index is -0.144. The zero-order chi connectivity index (χ0) is 9.97. The minimum absolute atomic E-state index is 0.0156. The van der Waals surface area contributed by atoms with E-state index >= 15 is 0 Å². The highest BCUT2D eigenvalue weighted by Gasteiger charge is 2.30. The van der Waals surface area contributed by atoms with Gasteiger partial charge in [-0.1, -0.05) is 42.1 Å². The molecule has 1 fully saturated rings. The van der Waals surface area contributed by atoms with Gasteiger partial charge in [-0.15, -0.1) is 0 Å². The van der Waals surface area contributed by atoms with Gasteiger partial charge in [0.05, 0.1) is 0 Å². The molecule has 1 N–H and O–H groups in total. The monoisotopic (exact) mass is 206 g/mol. The summed E-state index contributed by atoms with van der Waals surface area (Å²) in [6.07, 6.45) is 0. The Labute approximate surface area is 86.6 Å². The van der Waals surface area contributed by atoms with Crippen molar-refractivity contribution in [2.45, 2.75) is 5.25 Å². The minimum Gasteiger partial charge on any atom is -0.304 e. The lowest BCUT2D eigenvalue weighted by molar-refractivity contribution is -0.118. The smallest absolute Gasteiger partial charge is 0.244 e. The fraction of sp³-hybridized carbons (Fsp3) is 0.200. The Morgan fingerprint density at radius 3 is 2.64 bits per heavy atom. The second kappa shape index (κ2) is 3.84. The number of thioether (sulfide) groups is 1. The SMILES string of the molecule is CN=C1NC(=O)[C@H](c2ccccc2)S1. The van der Waals surface area contributed by atoms with Crippen molar-refractivity contribution in [3.63, 3.8) is 0 Å². The summed E-state index contributed by atoms with van der Waals surface area (Å²) < 4.78 is 0. The Morgan fingerprint density at radius 1 is 1.36 bits per heavy atom. The van der Waals surface area contributed by atoms with E-state index in [-0.39, 0.29) is 11.2 Å². The normalized spacial score (nSPS) is 23.9. The van der Waals surface area contributed by atoms with E-state index in [9.17, 15) is 4.79 Å². The van der Waals surface area contributed by atoms with Crippen LogP contribution in [-0.4, -0.2) is 18.1 Å². The summed E-state index contributed by atoms with van der Waals surface area (Å²) in [5.74, 6) is 0.0156. The standard InChI is InChI=1S/C10H10N2OS/c1-11-10-12-9(13)8(14-10)7-5-3-2-4-6-7/h2-6,8H,1H3,(H,11,12,13)/t8-/m0/s1. The number of benzene rings is 1. The van der Waals surface area contributed by atoms with E-state index in [1.807, 2.05) is 30.3 Å². The molecular weight excluding hydrogens is 196 g/mol. The van der Waals surface area contributed by atoms with Crippen LogP contribution in [0.1, 0.15) is 10.8 Å². The molecule has 3 nitrogen and oxygen atoms in total. The highest BCUT2D eigenvalue weighted by atomic mass is 32.2. The molecule has 2 rings (SSSR count). The lowest BCUT2D eigenvalue weighted by Crippen LogP contribution is -2.21. The van der Waals surface area contributed by atoms with Gasteiger partial charge in [-0.05, 0) is 5.56 Å². The van der Waals surface area contributed by atoms with Crippen molar-refractivity contribution >= 4 is 22.8 Å². The number of hydrogen-bond acceptors (Lipinski definition) is 3. The van der Waals surface area contributed by atoms with Gasteiger partial charge in [0, 0.05) is 7.05 Å². The summed E-state index contributed by atoms with van der Waals surface area (Å²) in [5, 5.41) is 3.28. The van der Waals surface area contributed by atoms with Gasteiger partial charge in [0.25, 0.3) is 0 Å². The molecule has 72 valence electrons. The molecule has 1 aromatic carbocycles. The fourth-order valence-corrected chi connectivity index (χ4v) is 2.27. The number of nitrogens with one attached hydrogen (secondary N) is 1. The number of nitrogens with zero attached hydrogens (tertiary/aromatic N) is 1. The van der Waals surface area contributed by atoms with Gasteiger partial charge in [-0.25, -0.2) is 0 Å². The van der Waals surface area contributed by atoms with E-state index in [4.69, 9.17) is 0 Å². The summed E-state index contributed by atoms with van der Waals surface area (Å²) >= 11 is 1.46. The molecule has 0 spiro atoms. The molecule has 0 unspecified atom stereocenters. The van der Waals surface area contributed by atoms with Crippen LogP contribution in [0.5, 0.6) is 0 Å². The third-order valence-electron chi connectivity index (χ3n) is 2.00. The Kier molecular flexibility index (Phi) is 2.54. The van der Waals surface area contributed by atoms with E-state index in [1.54, 1.807) is 7.05 Å². The largest absolute Gasteiger partial charge is 0.304 e. The zero-order valence-electron chi connectivity index (χ0n) is 7.73. The first kappa shape index (κ1) is 9.27. The third-order valence-corrected chi connectivity index (χ3v) is 3.23. The maximum atomic E-state index is 11.5. The van der Waals surface area contributed by atoms with Crippen LogP contribution < -0.4 is 5.32 Å². The lowest BCUT2D eigenvalue weighted by atomic mass is 10.1. The molecular formula is C10H10N2OS. The number of hydrogen-bond donors (Lipinski definition) is 1. The van der Waals surface area contributed by atoms with Crippen LogP contribution in [0.15, 0.2) is 35.3 Å². The molecule has 0 radical (unpaired) electrons. The van der Waals surface area contributed by atoms with Crippen molar-refractivity contribution in [2.24, 2.45) is 4.99 Å². The van der Waals surface area contributed by atoms with Crippen LogP contribution in [0.4, 0.5) is 0 Å². The van der Waals surface area contributed by atoms with E-state index in [0.29, 0.717) is 5.17 Å². The number of aliphatic imine (C=N–C) groups is 1. The molecule has 0 aromatic heterocycles. The van der Waals surface area contributed by atoms with E-state index in [2.05, 4.69) is 10.3 Å². The predicted molar refractivity (Wildman–Crippen MR) is 58.3 cm³/mol. The average Bonchev–Trinajstić information content (AvgIpc) is 2.61. The van der Waals surface area contributed by atoms with Gasteiger partial charge in [0.15, 0.2) is 5.17 Å². The molecule has 0 aliphatic carbocycles. The summed E-state index contributed by atoms with van der Waals surface area (Å²) in [6, 6.07) is 9.72. The maximum Gasteiger partial charge on any atom is 0.244 e. The number of carbonyl (C=O) groups excluding carboxylic acids is 1. The van der Waals surface area contributed by atoms with Crippen molar-refractivity contribution < 1.29 is 4.79 Å². The molecule has 1 saturated heterocycles. The van der Waals surface area contributed by atoms with Crippen LogP contribution in [0, 0.1) is 0 Å². The van der Waals surface area contributed by atoms with Gasteiger partial charge in [-0.3, -0.25) is 9.79 Å². The van der Waals surface area contributed by atoms with E-state index in [0.717, 1.165) is 5.56 Å². The van der Waals surface area contributed by atoms with E-state index < -0.39 is 0 Å². The van der Waals surface area contributed by atoms with Crippen LogP contribution in [0.25, 0.3) is 0 Å². The summed E-state index contributed by atoms with van der Waals surface area (Å²) in [6.45, 7) is 0. The Morgan fingerprint density at radius 2 is 2.07 bits per heavy atom. The summed E-state index contributed by atoms with van der Waals surface area (Å²) in [7, 11) is 1.68.